The van der Waals surface area contributed by atoms with E-state index in [0.717, 1.165) is 17.3 Å². The molecule has 14 heavy (non-hydrogen) atoms. The van der Waals surface area contributed by atoms with E-state index in [1.54, 1.807) is 0 Å². The maximum absolute atomic E-state index is 3.51. The Bertz CT molecular complexity index is 141. The third kappa shape index (κ3) is 4.31. The summed E-state index contributed by atoms with van der Waals surface area (Å²) in [4.78, 5) is 2.65. The average Bonchev–Trinajstić information content (AvgIpc) is 2.64. The minimum atomic E-state index is 0.717. The molecule has 1 rings (SSSR count). The van der Waals surface area contributed by atoms with Crippen LogP contribution in [0.2, 0.25) is 0 Å². The highest BCUT2D eigenvalue weighted by Gasteiger charge is 2.19. The van der Waals surface area contributed by atoms with E-state index in [1.165, 1.54) is 45.2 Å². The normalized spacial score (nSPS) is 18.6. The Morgan fingerprint density at radius 3 is 2.43 bits per heavy atom. The van der Waals surface area contributed by atoms with Gasteiger partial charge in [0.25, 0.3) is 0 Å². The molecule has 0 heterocycles. The van der Waals surface area contributed by atoms with Gasteiger partial charge >= 0.3 is 0 Å². The van der Waals surface area contributed by atoms with Gasteiger partial charge in [-0.2, -0.15) is 0 Å². The lowest BCUT2D eigenvalue weighted by atomic mass is 10.1. The first kappa shape index (κ1) is 12.5. The van der Waals surface area contributed by atoms with Gasteiger partial charge in [-0.05, 0) is 45.6 Å². The Morgan fingerprint density at radius 1 is 1.29 bits per heavy atom. The Hall–Kier alpha value is 0.440. The smallest absolute Gasteiger partial charge is 0.00434 e. The lowest BCUT2D eigenvalue weighted by Crippen LogP contribution is -2.35. The molecule has 1 saturated carbocycles. The predicted octanol–water partition coefficient (Wildman–Crippen LogP) is 3.67. The molecule has 0 aromatic carbocycles. The molecule has 1 fully saturated rings. The van der Waals surface area contributed by atoms with E-state index in [0.29, 0.717) is 0 Å². The van der Waals surface area contributed by atoms with E-state index >= 15 is 0 Å². The van der Waals surface area contributed by atoms with Gasteiger partial charge in [0.1, 0.15) is 0 Å². The molecule has 0 N–H and O–H groups in total. The van der Waals surface area contributed by atoms with Crippen molar-refractivity contribution in [2.75, 3.05) is 18.4 Å². The van der Waals surface area contributed by atoms with E-state index in [-0.39, 0.29) is 0 Å². The van der Waals surface area contributed by atoms with Crippen molar-refractivity contribution in [3.8, 4) is 0 Å². The third-order valence-electron chi connectivity index (χ3n) is 3.28. The zero-order chi connectivity index (χ0) is 10.4. The van der Waals surface area contributed by atoms with Crippen LogP contribution in [0.4, 0.5) is 0 Å². The maximum atomic E-state index is 3.51. The highest BCUT2D eigenvalue weighted by molar-refractivity contribution is 9.09. The SMILES string of the molecule is CC(C)N(CCCBr)CC1CCCC1. The molecule has 1 aliphatic carbocycles. The van der Waals surface area contributed by atoms with Crippen molar-refractivity contribution < 1.29 is 0 Å². The number of hydrogen-bond donors (Lipinski definition) is 0. The molecule has 1 nitrogen and oxygen atoms in total. The summed E-state index contributed by atoms with van der Waals surface area (Å²) in [6, 6.07) is 0.717. The largest absolute Gasteiger partial charge is 0.301 e. The van der Waals surface area contributed by atoms with E-state index in [1.807, 2.05) is 0 Å². The molecule has 0 aliphatic heterocycles. The van der Waals surface area contributed by atoms with E-state index in [2.05, 4.69) is 34.7 Å². The summed E-state index contributed by atoms with van der Waals surface area (Å²) in [7, 11) is 0. The Kier molecular flexibility index (Phi) is 6.11. The van der Waals surface area contributed by atoms with Crippen molar-refractivity contribution in [1.82, 2.24) is 4.90 Å². The number of alkyl halides is 1. The number of halogens is 1. The molecule has 0 radical (unpaired) electrons. The standard InChI is InChI=1S/C12H24BrN/c1-11(2)14(9-5-8-13)10-12-6-3-4-7-12/h11-12H,3-10H2,1-2H3. The molecule has 1 aliphatic rings. The molecule has 0 unspecified atom stereocenters. The number of nitrogens with zero attached hydrogens (tertiary/aromatic N) is 1. The molecular formula is C12H24BrN. The molecule has 0 bridgehead atoms. The lowest BCUT2D eigenvalue weighted by Gasteiger charge is -2.29. The third-order valence-corrected chi connectivity index (χ3v) is 3.84. The van der Waals surface area contributed by atoms with Crippen molar-refractivity contribution in [2.24, 2.45) is 5.92 Å². The van der Waals surface area contributed by atoms with Gasteiger partial charge in [0.05, 0.1) is 0 Å². The minimum absolute atomic E-state index is 0.717. The molecule has 0 aromatic rings. The van der Waals surface area contributed by atoms with Crippen LogP contribution in [0, 0.1) is 5.92 Å². The van der Waals surface area contributed by atoms with Gasteiger partial charge in [-0.3, -0.25) is 0 Å². The average molecular weight is 262 g/mol. The minimum Gasteiger partial charge on any atom is -0.301 e. The van der Waals surface area contributed by atoms with Gasteiger partial charge in [-0.1, -0.05) is 28.8 Å². The van der Waals surface area contributed by atoms with Crippen LogP contribution in [0.5, 0.6) is 0 Å². The van der Waals surface area contributed by atoms with E-state index in [9.17, 15) is 0 Å². The summed E-state index contributed by atoms with van der Waals surface area (Å²) in [5, 5.41) is 1.14. The van der Waals surface area contributed by atoms with Gasteiger partial charge in [-0.25, -0.2) is 0 Å². The monoisotopic (exact) mass is 261 g/mol. The molecule has 0 aromatic heterocycles. The summed E-state index contributed by atoms with van der Waals surface area (Å²) in [6.45, 7) is 7.25. The summed E-state index contributed by atoms with van der Waals surface area (Å²) in [6.07, 6.45) is 7.16. The van der Waals surface area contributed by atoms with Crippen molar-refractivity contribution >= 4 is 15.9 Å². The van der Waals surface area contributed by atoms with Crippen molar-refractivity contribution in [3.05, 3.63) is 0 Å². The van der Waals surface area contributed by atoms with Crippen LogP contribution in [0.25, 0.3) is 0 Å². The highest BCUT2D eigenvalue weighted by Crippen LogP contribution is 2.26. The summed E-state index contributed by atoms with van der Waals surface area (Å²) in [5.41, 5.74) is 0. The second-order valence-corrected chi connectivity index (χ2v) is 5.57. The summed E-state index contributed by atoms with van der Waals surface area (Å²) >= 11 is 3.51. The van der Waals surface area contributed by atoms with Gasteiger partial charge in [0.2, 0.25) is 0 Å². The van der Waals surface area contributed by atoms with Crippen LogP contribution in [0.3, 0.4) is 0 Å². The fourth-order valence-corrected chi connectivity index (χ4v) is 2.60. The van der Waals surface area contributed by atoms with E-state index in [4.69, 9.17) is 0 Å². The Morgan fingerprint density at radius 2 is 1.93 bits per heavy atom. The first-order valence-electron chi connectivity index (χ1n) is 6.04. The lowest BCUT2D eigenvalue weighted by molar-refractivity contribution is 0.189. The molecule has 0 saturated heterocycles. The van der Waals surface area contributed by atoms with Crippen LogP contribution in [-0.4, -0.2) is 29.4 Å². The van der Waals surface area contributed by atoms with Gasteiger partial charge in [0.15, 0.2) is 0 Å². The van der Waals surface area contributed by atoms with Crippen LogP contribution >= 0.6 is 15.9 Å². The summed E-state index contributed by atoms with van der Waals surface area (Å²) < 4.78 is 0. The molecule has 84 valence electrons. The Balaban J connectivity index is 2.26. The molecule has 0 spiro atoms. The van der Waals surface area contributed by atoms with Crippen molar-refractivity contribution in [2.45, 2.75) is 52.0 Å². The summed E-state index contributed by atoms with van der Waals surface area (Å²) in [5.74, 6) is 0.993. The zero-order valence-electron chi connectivity index (χ0n) is 9.64. The zero-order valence-corrected chi connectivity index (χ0v) is 11.2. The van der Waals surface area contributed by atoms with Crippen molar-refractivity contribution in [1.29, 1.82) is 0 Å². The predicted molar refractivity (Wildman–Crippen MR) is 67.1 cm³/mol. The topological polar surface area (TPSA) is 3.24 Å². The maximum Gasteiger partial charge on any atom is 0.00434 e. The van der Waals surface area contributed by atoms with Gasteiger partial charge in [0, 0.05) is 17.9 Å². The van der Waals surface area contributed by atoms with Crippen LogP contribution in [-0.2, 0) is 0 Å². The first-order valence-corrected chi connectivity index (χ1v) is 7.16. The molecule has 0 atom stereocenters. The van der Waals surface area contributed by atoms with Crippen LogP contribution < -0.4 is 0 Å². The second kappa shape index (κ2) is 6.84. The van der Waals surface area contributed by atoms with Gasteiger partial charge in [-0.15, -0.1) is 0 Å². The fraction of sp³-hybridized carbons (Fsp3) is 1.00. The molecule has 2 heteroatoms. The van der Waals surface area contributed by atoms with Crippen molar-refractivity contribution in [3.63, 3.8) is 0 Å². The fourth-order valence-electron chi connectivity index (χ4n) is 2.35. The quantitative estimate of drug-likeness (QED) is 0.660. The first-order chi connectivity index (χ1) is 6.74. The Labute approximate surface area is 97.4 Å². The van der Waals surface area contributed by atoms with Gasteiger partial charge < -0.3 is 4.90 Å². The molecular weight excluding hydrogens is 238 g/mol. The van der Waals surface area contributed by atoms with Crippen LogP contribution in [0.15, 0.2) is 0 Å². The molecule has 0 amide bonds. The number of hydrogen-bond acceptors (Lipinski definition) is 1. The van der Waals surface area contributed by atoms with E-state index < -0.39 is 0 Å². The highest BCUT2D eigenvalue weighted by atomic mass is 79.9. The number of rotatable bonds is 6. The second-order valence-electron chi connectivity index (χ2n) is 4.78. The van der Waals surface area contributed by atoms with Crippen LogP contribution in [0.1, 0.15) is 46.0 Å².